The highest BCUT2D eigenvalue weighted by Gasteiger charge is 2.45. The monoisotopic (exact) mass is 228 g/mol. The van der Waals surface area contributed by atoms with Gasteiger partial charge in [0.05, 0.1) is 24.7 Å². The van der Waals surface area contributed by atoms with E-state index in [0.717, 1.165) is 12.8 Å². The Morgan fingerprint density at radius 3 is 2.75 bits per heavy atom. The molecule has 0 aromatic heterocycles. The van der Waals surface area contributed by atoms with Gasteiger partial charge in [-0.1, -0.05) is 0 Å². The average Bonchev–Trinajstić information content (AvgIpc) is 2.53. The quantitative estimate of drug-likeness (QED) is 0.692. The first-order valence-corrected chi connectivity index (χ1v) is 5.73. The zero-order valence-electron chi connectivity index (χ0n) is 9.86. The number of hydrogen-bond acceptors (Lipinski definition) is 4. The number of nitrogens with two attached hydrogens (primary N) is 1. The zero-order valence-corrected chi connectivity index (χ0v) is 9.86. The lowest BCUT2D eigenvalue weighted by Gasteiger charge is -2.37. The third kappa shape index (κ3) is 1.95. The molecule has 3 N–H and O–H groups in total. The van der Waals surface area contributed by atoms with Crippen LogP contribution in [0.5, 0.6) is 0 Å². The minimum atomic E-state index is -0.571. The molecule has 1 aliphatic carbocycles. The Kier molecular flexibility index (Phi) is 3.19. The first-order chi connectivity index (χ1) is 7.56. The largest absolute Gasteiger partial charge is 0.381 e. The maximum atomic E-state index is 12.1. The minimum absolute atomic E-state index is 0.0112. The molecular weight excluding hydrogens is 208 g/mol. The zero-order chi connectivity index (χ0) is 11.8. The van der Waals surface area contributed by atoms with E-state index >= 15 is 0 Å². The van der Waals surface area contributed by atoms with Crippen LogP contribution in [-0.4, -0.2) is 44.4 Å². The molecule has 2 fully saturated rings. The lowest BCUT2D eigenvalue weighted by Crippen LogP contribution is -2.56. The van der Waals surface area contributed by atoms with Crippen molar-refractivity contribution in [1.82, 2.24) is 5.32 Å². The highest BCUT2D eigenvalue weighted by atomic mass is 16.5. The van der Waals surface area contributed by atoms with Crippen molar-refractivity contribution in [1.29, 1.82) is 0 Å². The fourth-order valence-electron chi connectivity index (χ4n) is 2.15. The molecule has 2 rings (SSSR count). The molecule has 92 valence electrons. The van der Waals surface area contributed by atoms with Crippen molar-refractivity contribution >= 4 is 5.91 Å². The van der Waals surface area contributed by atoms with E-state index in [0.29, 0.717) is 19.3 Å². The maximum absolute atomic E-state index is 12.1. The summed E-state index contributed by atoms with van der Waals surface area (Å²) in [7, 11) is 1.70. The summed E-state index contributed by atoms with van der Waals surface area (Å²) in [6.45, 7) is 2.75. The van der Waals surface area contributed by atoms with Crippen LogP contribution in [0.2, 0.25) is 0 Å². The van der Waals surface area contributed by atoms with E-state index in [1.54, 1.807) is 7.11 Å². The number of carbonyl (C=O) groups is 1. The SMILES string of the molecule is COC1CC(NC(=O)C2(C)COCC2N)C1. The molecule has 1 amide bonds. The van der Waals surface area contributed by atoms with Gasteiger partial charge in [0, 0.05) is 19.2 Å². The van der Waals surface area contributed by atoms with E-state index in [9.17, 15) is 4.79 Å². The molecule has 2 unspecified atom stereocenters. The summed E-state index contributed by atoms with van der Waals surface area (Å²) in [5, 5.41) is 3.01. The fraction of sp³-hybridized carbons (Fsp3) is 0.909. The van der Waals surface area contributed by atoms with E-state index in [1.165, 1.54) is 0 Å². The van der Waals surface area contributed by atoms with Gasteiger partial charge in [-0.15, -0.1) is 0 Å². The van der Waals surface area contributed by atoms with Crippen molar-refractivity contribution in [2.75, 3.05) is 20.3 Å². The molecule has 1 saturated heterocycles. The van der Waals surface area contributed by atoms with Gasteiger partial charge in [0.2, 0.25) is 5.91 Å². The summed E-state index contributed by atoms with van der Waals surface area (Å²) in [6, 6.07) is 0.0351. The van der Waals surface area contributed by atoms with Crippen LogP contribution in [0.1, 0.15) is 19.8 Å². The molecule has 1 aliphatic heterocycles. The van der Waals surface area contributed by atoms with Crippen LogP contribution in [0, 0.1) is 5.41 Å². The number of nitrogens with one attached hydrogen (secondary N) is 1. The number of methoxy groups -OCH3 is 1. The predicted molar refractivity (Wildman–Crippen MR) is 58.9 cm³/mol. The van der Waals surface area contributed by atoms with Crippen molar-refractivity contribution in [3.63, 3.8) is 0 Å². The summed E-state index contributed by atoms with van der Waals surface area (Å²) >= 11 is 0. The average molecular weight is 228 g/mol. The van der Waals surface area contributed by atoms with Gasteiger partial charge < -0.3 is 20.5 Å². The van der Waals surface area contributed by atoms with Crippen LogP contribution in [-0.2, 0) is 14.3 Å². The molecule has 1 heterocycles. The van der Waals surface area contributed by atoms with Gasteiger partial charge >= 0.3 is 0 Å². The summed E-state index contributed by atoms with van der Waals surface area (Å²) < 4.78 is 10.4. The van der Waals surface area contributed by atoms with Crippen molar-refractivity contribution in [3.05, 3.63) is 0 Å². The Bertz CT molecular complexity index is 278. The van der Waals surface area contributed by atoms with Gasteiger partial charge in [-0.05, 0) is 19.8 Å². The lowest BCUT2D eigenvalue weighted by molar-refractivity contribution is -0.133. The van der Waals surface area contributed by atoms with Crippen molar-refractivity contribution in [3.8, 4) is 0 Å². The summed E-state index contributed by atoms with van der Waals surface area (Å²) in [5.41, 5.74) is 5.32. The second kappa shape index (κ2) is 4.31. The van der Waals surface area contributed by atoms with Crippen LogP contribution >= 0.6 is 0 Å². The Hall–Kier alpha value is -0.650. The second-order valence-corrected chi connectivity index (χ2v) is 5.04. The van der Waals surface area contributed by atoms with E-state index in [4.69, 9.17) is 15.2 Å². The number of carbonyl (C=O) groups excluding carboxylic acids is 1. The second-order valence-electron chi connectivity index (χ2n) is 5.04. The Balaban J connectivity index is 1.84. The first kappa shape index (κ1) is 11.8. The third-order valence-electron chi connectivity index (χ3n) is 3.80. The van der Waals surface area contributed by atoms with E-state index in [2.05, 4.69) is 5.32 Å². The lowest BCUT2D eigenvalue weighted by atomic mass is 9.82. The molecule has 5 nitrogen and oxygen atoms in total. The van der Waals surface area contributed by atoms with Crippen LogP contribution < -0.4 is 11.1 Å². The normalized spacial score (nSPS) is 42.8. The van der Waals surface area contributed by atoms with Gasteiger partial charge in [0.25, 0.3) is 0 Å². The van der Waals surface area contributed by atoms with Gasteiger partial charge in [-0.2, -0.15) is 0 Å². The molecule has 0 aromatic rings. The molecule has 1 saturated carbocycles. The van der Waals surface area contributed by atoms with Crippen LogP contribution in [0.25, 0.3) is 0 Å². The van der Waals surface area contributed by atoms with Gasteiger partial charge in [-0.3, -0.25) is 4.79 Å². The van der Waals surface area contributed by atoms with Gasteiger partial charge in [0.1, 0.15) is 0 Å². The number of hydrogen-bond donors (Lipinski definition) is 2. The number of amides is 1. The molecule has 5 heteroatoms. The Labute approximate surface area is 95.7 Å². The van der Waals surface area contributed by atoms with Crippen LogP contribution in [0.3, 0.4) is 0 Å². The van der Waals surface area contributed by atoms with Crippen molar-refractivity contribution in [2.45, 2.75) is 38.0 Å². The van der Waals surface area contributed by atoms with E-state index in [1.807, 2.05) is 6.92 Å². The predicted octanol–water partition coefficient (Wildman–Crippen LogP) is -0.356. The maximum Gasteiger partial charge on any atom is 0.230 e. The van der Waals surface area contributed by atoms with Gasteiger partial charge in [-0.25, -0.2) is 0 Å². The minimum Gasteiger partial charge on any atom is -0.381 e. The van der Waals surface area contributed by atoms with Crippen LogP contribution in [0.4, 0.5) is 0 Å². The standard InChI is InChI=1S/C11H20N2O3/c1-11(6-16-5-9(11)12)10(14)13-7-3-8(4-7)15-2/h7-9H,3-6,12H2,1-2H3,(H,13,14). The molecule has 2 atom stereocenters. The highest BCUT2D eigenvalue weighted by molar-refractivity contribution is 5.84. The van der Waals surface area contributed by atoms with Crippen LogP contribution in [0.15, 0.2) is 0 Å². The molecule has 0 radical (unpaired) electrons. The number of ether oxygens (including phenoxy) is 2. The Morgan fingerprint density at radius 2 is 2.25 bits per heavy atom. The summed E-state index contributed by atoms with van der Waals surface area (Å²) in [4.78, 5) is 12.1. The molecular formula is C11H20N2O3. The first-order valence-electron chi connectivity index (χ1n) is 5.73. The van der Waals surface area contributed by atoms with Gasteiger partial charge in [0.15, 0.2) is 0 Å². The van der Waals surface area contributed by atoms with Crippen molar-refractivity contribution < 1.29 is 14.3 Å². The Morgan fingerprint density at radius 1 is 1.56 bits per heavy atom. The highest BCUT2D eigenvalue weighted by Crippen LogP contribution is 2.29. The third-order valence-corrected chi connectivity index (χ3v) is 3.80. The summed E-state index contributed by atoms with van der Waals surface area (Å²) in [5.74, 6) is 0.0112. The van der Waals surface area contributed by atoms with E-state index in [-0.39, 0.29) is 18.0 Å². The molecule has 16 heavy (non-hydrogen) atoms. The topological polar surface area (TPSA) is 73.6 Å². The molecule has 2 aliphatic rings. The smallest absolute Gasteiger partial charge is 0.230 e. The number of rotatable bonds is 3. The molecule has 0 spiro atoms. The van der Waals surface area contributed by atoms with E-state index < -0.39 is 5.41 Å². The molecule has 0 bridgehead atoms. The fourth-order valence-corrected chi connectivity index (χ4v) is 2.15. The summed E-state index contributed by atoms with van der Waals surface area (Å²) in [6.07, 6.45) is 2.09. The van der Waals surface area contributed by atoms with Crippen molar-refractivity contribution in [2.24, 2.45) is 11.1 Å². The molecule has 0 aromatic carbocycles.